The number of aryl methyl sites for hydroxylation is 2. The third-order valence-electron chi connectivity index (χ3n) is 4.20. The number of ketones is 1. The maximum atomic E-state index is 12.6. The van der Waals surface area contributed by atoms with Gasteiger partial charge in [-0.25, -0.2) is 4.79 Å². The Balaban J connectivity index is 1.85. The number of hydrogen-bond donors (Lipinski definition) is 0. The van der Waals surface area contributed by atoms with Gasteiger partial charge in [0.15, 0.2) is 11.5 Å². The first kappa shape index (κ1) is 18.9. The van der Waals surface area contributed by atoms with E-state index in [0.717, 1.165) is 17.2 Å². The lowest BCUT2D eigenvalue weighted by Gasteiger charge is -2.14. The highest BCUT2D eigenvalue weighted by Crippen LogP contribution is 2.19. The summed E-state index contributed by atoms with van der Waals surface area (Å²) in [7, 11) is 0. The summed E-state index contributed by atoms with van der Waals surface area (Å²) in [6.45, 7) is 5.18. The number of rotatable bonds is 4. The molecule has 0 amide bonds. The van der Waals surface area contributed by atoms with E-state index in [0.29, 0.717) is 10.6 Å². The highest BCUT2D eigenvalue weighted by Gasteiger charge is 2.23. The highest BCUT2D eigenvalue weighted by molar-refractivity contribution is 6.31. The lowest BCUT2D eigenvalue weighted by atomic mass is 9.99. The Kier molecular flexibility index (Phi) is 5.15. The molecule has 0 fully saturated rings. The zero-order valence-corrected chi connectivity index (χ0v) is 15.8. The Morgan fingerprint density at radius 3 is 2.56 bits per heavy atom. The van der Waals surface area contributed by atoms with Crippen molar-refractivity contribution in [2.75, 3.05) is 0 Å². The van der Waals surface area contributed by atoms with Crippen LogP contribution in [0.2, 0.25) is 5.02 Å². The van der Waals surface area contributed by atoms with Crippen LogP contribution in [-0.4, -0.2) is 17.9 Å². The summed E-state index contributed by atoms with van der Waals surface area (Å²) in [5.41, 5.74) is 2.01. The van der Waals surface area contributed by atoms with E-state index in [1.807, 2.05) is 26.0 Å². The second-order valence-electron chi connectivity index (χ2n) is 6.35. The van der Waals surface area contributed by atoms with Crippen LogP contribution < -0.4 is 5.43 Å². The van der Waals surface area contributed by atoms with E-state index in [2.05, 4.69) is 0 Å². The first-order valence-electron chi connectivity index (χ1n) is 8.32. The van der Waals surface area contributed by atoms with Gasteiger partial charge in [-0.15, -0.1) is 0 Å². The number of fused-ring (bicyclic) bond motifs is 1. The Hall–Kier alpha value is -2.92. The Bertz CT molecular complexity index is 1110. The van der Waals surface area contributed by atoms with Crippen LogP contribution in [-0.2, 0) is 4.74 Å². The molecule has 0 radical (unpaired) electrons. The minimum Gasteiger partial charge on any atom is -0.449 e. The van der Waals surface area contributed by atoms with Crippen LogP contribution in [0.3, 0.4) is 0 Å². The average molecular weight is 385 g/mol. The van der Waals surface area contributed by atoms with Gasteiger partial charge in [-0.05, 0) is 50.6 Å². The molecular weight excluding hydrogens is 368 g/mol. The van der Waals surface area contributed by atoms with Gasteiger partial charge in [0.1, 0.15) is 5.58 Å². The van der Waals surface area contributed by atoms with Crippen molar-refractivity contribution in [3.8, 4) is 0 Å². The lowest BCUT2D eigenvalue weighted by Crippen LogP contribution is -2.25. The Morgan fingerprint density at radius 2 is 1.81 bits per heavy atom. The van der Waals surface area contributed by atoms with E-state index >= 15 is 0 Å². The molecule has 3 rings (SSSR count). The van der Waals surface area contributed by atoms with Crippen molar-refractivity contribution in [3.05, 3.63) is 80.2 Å². The first-order chi connectivity index (χ1) is 12.8. The third-order valence-corrected chi connectivity index (χ3v) is 4.44. The molecular formula is C21H17ClO5. The minimum absolute atomic E-state index is 0.215. The smallest absolute Gasteiger partial charge is 0.375 e. The van der Waals surface area contributed by atoms with Crippen LogP contribution in [0.25, 0.3) is 11.0 Å². The minimum atomic E-state index is -1.02. The molecule has 0 aliphatic rings. The fraction of sp³-hybridized carbons (Fsp3) is 0.190. The summed E-state index contributed by atoms with van der Waals surface area (Å²) in [6.07, 6.45) is -1.02. The van der Waals surface area contributed by atoms with Gasteiger partial charge in [-0.2, -0.15) is 0 Å². The molecule has 0 aliphatic heterocycles. The van der Waals surface area contributed by atoms with Crippen molar-refractivity contribution in [2.24, 2.45) is 0 Å². The SMILES string of the molecule is Cc1ccc(C)c(C(=O)[C@@H](C)OC(=O)c2cc(=O)c3cc(Cl)ccc3o2)c1. The fourth-order valence-corrected chi connectivity index (χ4v) is 2.89. The second kappa shape index (κ2) is 7.37. The molecule has 5 nitrogen and oxygen atoms in total. The van der Waals surface area contributed by atoms with Gasteiger partial charge in [0.05, 0.1) is 5.39 Å². The van der Waals surface area contributed by atoms with Gasteiger partial charge in [0.2, 0.25) is 11.5 Å². The van der Waals surface area contributed by atoms with E-state index in [-0.39, 0.29) is 22.5 Å². The van der Waals surface area contributed by atoms with E-state index < -0.39 is 17.5 Å². The Labute approximate surface area is 160 Å². The zero-order valence-electron chi connectivity index (χ0n) is 15.0. The number of ether oxygens (including phenoxy) is 1. The van der Waals surface area contributed by atoms with E-state index in [9.17, 15) is 14.4 Å². The van der Waals surface area contributed by atoms with Crippen molar-refractivity contribution >= 4 is 34.3 Å². The molecule has 0 aliphatic carbocycles. The van der Waals surface area contributed by atoms with Crippen LogP contribution in [0.4, 0.5) is 0 Å². The predicted octanol–water partition coefficient (Wildman–Crippen LogP) is 4.49. The molecule has 138 valence electrons. The van der Waals surface area contributed by atoms with Crippen molar-refractivity contribution in [3.63, 3.8) is 0 Å². The molecule has 0 saturated carbocycles. The number of benzene rings is 2. The summed E-state index contributed by atoms with van der Waals surface area (Å²) >= 11 is 5.87. The second-order valence-corrected chi connectivity index (χ2v) is 6.78. The third kappa shape index (κ3) is 3.93. The molecule has 0 N–H and O–H groups in total. The molecule has 1 heterocycles. The van der Waals surface area contributed by atoms with Crippen molar-refractivity contribution in [2.45, 2.75) is 26.9 Å². The van der Waals surface area contributed by atoms with Gasteiger partial charge in [0.25, 0.3) is 0 Å². The molecule has 6 heteroatoms. The number of hydrogen-bond acceptors (Lipinski definition) is 5. The number of carbonyl (C=O) groups excluding carboxylic acids is 2. The summed E-state index contributed by atoms with van der Waals surface area (Å²) < 4.78 is 10.7. The summed E-state index contributed by atoms with van der Waals surface area (Å²) in [5, 5.41) is 0.649. The molecule has 1 atom stereocenters. The number of esters is 1. The monoisotopic (exact) mass is 384 g/mol. The summed E-state index contributed by atoms with van der Waals surface area (Å²) in [4.78, 5) is 37.2. The van der Waals surface area contributed by atoms with Crippen molar-refractivity contribution in [1.29, 1.82) is 0 Å². The summed E-state index contributed by atoms with van der Waals surface area (Å²) in [6, 6.07) is 11.0. The molecule has 27 heavy (non-hydrogen) atoms. The van der Waals surface area contributed by atoms with Crippen LogP contribution in [0.15, 0.2) is 51.7 Å². The van der Waals surface area contributed by atoms with Crippen LogP contribution in [0, 0.1) is 13.8 Å². The molecule has 1 aromatic heterocycles. The number of halogens is 1. The number of Topliss-reactive ketones (excluding diaryl/α,β-unsaturated/α-hetero) is 1. The molecule has 0 bridgehead atoms. The molecule has 0 unspecified atom stereocenters. The normalized spacial score (nSPS) is 12.0. The van der Waals surface area contributed by atoms with E-state index in [1.54, 1.807) is 12.1 Å². The van der Waals surface area contributed by atoms with E-state index in [1.165, 1.54) is 19.1 Å². The molecule has 2 aromatic carbocycles. The standard InChI is InChI=1S/C21H17ClO5/c1-11-4-5-12(2)15(8-11)20(24)13(3)26-21(25)19-10-17(23)16-9-14(22)6-7-18(16)27-19/h4-10,13H,1-3H3/t13-/m1/s1. The summed E-state index contributed by atoms with van der Waals surface area (Å²) in [5.74, 6) is -1.47. The molecule has 3 aromatic rings. The maximum absolute atomic E-state index is 12.6. The topological polar surface area (TPSA) is 73.6 Å². The highest BCUT2D eigenvalue weighted by atomic mass is 35.5. The van der Waals surface area contributed by atoms with E-state index in [4.69, 9.17) is 20.8 Å². The van der Waals surface area contributed by atoms with Gasteiger partial charge in [0, 0.05) is 16.7 Å². The van der Waals surface area contributed by atoms with Gasteiger partial charge in [-0.1, -0.05) is 29.3 Å². The maximum Gasteiger partial charge on any atom is 0.375 e. The predicted molar refractivity (Wildman–Crippen MR) is 103 cm³/mol. The van der Waals surface area contributed by atoms with Crippen LogP contribution >= 0.6 is 11.6 Å². The van der Waals surface area contributed by atoms with Crippen molar-refractivity contribution < 1.29 is 18.7 Å². The molecule has 0 saturated heterocycles. The van der Waals surface area contributed by atoms with Gasteiger partial charge < -0.3 is 9.15 Å². The first-order valence-corrected chi connectivity index (χ1v) is 8.70. The number of carbonyl (C=O) groups is 2. The van der Waals surface area contributed by atoms with Crippen LogP contribution in [0.1, 0.15) is 39.0 Å². The fourth-order valence-electron chi connectivity index (χ4n) is 2.72. The Morgan fingerprint density at radius 1 is 1.07 bits per heavy atom. The zero-order chi connectivity index (χ0) is 19.7. The van der Waals surface area contributed by atoms with Gasteiger partial charge >= 0.3 is 5.97 Å². The average Bonchev–Trinajstić information content (AvgIpc) is 2.63. The molecule has 0 spiro atoms. The van der Waals surface area contributed by atoms with Crippen LogP contribution in [0.5, 0.6) is 0 Å². The largest absolute Gasteiger partial charge is 0.449 e. The van der Waals surface area contributed by atoms with Gasteiger partial charge in [-0.3, -0.25) is 9.59 Å². The quantitative estimate of drug-likeness (QED) is 0.489. The van der Waals surface area contributed by atoms with Crippen molar-refractivity contribution in [1.82, 2.24) is 0 Å². The lowest BCUT2D eigenvalue weighted by molar-refractivity contribution is 0.0289.